The molecular weight excluding hydrogens is 375 g/mol. The minimum atomic E-state index is -4.86. The summed E-state index contributed by atoms with van der Waals surface area (Å²) < 4.78 is 51.9. The molecular formula is C20H18F3NO4. The molecule has 148 valence electrons. The molecule has 1 amide bonds. The quantitative estimate of drug-likeness (QED) is 0.517. The average Bonchev–Trinajstić information content (AvgIpc) is 2.65. The summed E-state index contributed by atoms with van der Waals surface area (Å²) in [5, 5.41) is 2.35. The molecule has 2 aromatic rings. The van der Waals surface area contributed by atoms with Gasteiger partial charge in [0.15, 0.2) is 17.2 Å². The van der Waals surface area contributed by atoms with E-state index in [1.165, 1.54) is 37.5 Å². The lowest BCUT2D eigenvalue weighted by Crippen LogP contribution is -2.19. The molecule has 0 bridgehead atoms. The van der Waals surface area contributed by atoms with Crippen LogP contribution in [0.5, 0.6) is 17.2 Å². The monoisotopic (exact) mass is 393 g/mol. The summed E-state index contributed by atoms with van der Waals surface area (Å²) >= 11 is 0. The van der Waals surface area contributed by atoms with Gasteiger partial charge in [0, 0.05) is 6.08 Å². The molecule has 28 heavy (non-hydrogen) atoms. The number of nitrogens with one attached hydrogen (secondary N) is 1. The molecule has 0 radical (unpaired) electrons. The van der Waals surface area contributed by atoms with Crippen LogP contribution in [0.1, 0.15) is 5.56 Å². The molecule has 2 aromatic carbocycles. The van der Waals surface area contributed by atoms with Gasteiger partial charge in [-0.3, -0.25) is 4.79 Å². The number of hydrogen-bond acceptors (Lipinski definition) is 4. The zero-order chi connectivity index (χ0) is 20.6. The van der Waals surface area contributed by atoms with Crippen LogP contribution in [0.2, 0.25) is 0 Å². The Morgan fingerprint density at radius 2 is 1.89 bits per heavy atom. The van der Waals surface area contributed by atoms with E-state index in [0.717, 1.165) is 6.07 Å². The van der Waals surface area contributed by atoms with E-state index in [1.54, 1.807) is 24.3 Å². The van der Waals surface area contributed by atoms with Crippen molar-refractivity contribution in [2.24, 2.45) is 0 Å². The highest BCUT2D eigenvalue weighted by molar-refractivity contribution is 6.02. The number of hydrogen-bond donors (Lipinski definition) is 1. The normalized spacial score (nSPS) is 11.1. The third kappa shape index (κ3) is 6.39. The summed E-state index contributed by atoms with van der Waals surface area (Å²) in [5.41, 5.74) is 0.540. The molecule has 0 fully saturated rings. The van der Waals surface area contributed by atoms with Crippen molar-refractivity contribution < 1.29 is 32.2 Å². The first-order valence-electron chi connectivity index (χ1n) is 8.08. The van der Waals surface area contributed by atoms with Crippen molar-refractivity contribution in [3.8, 4) is 17.2 Å². The predicted octanol–water partition coefficient (Wildman–Crippen LogP) is 4.81. The van der Waals surface area contributed by atoms with Gasteiger partial charge >= 0.3 is 6.36 Å². The fraction of sp³-hybridized carbons (Fsp3) is 0.150. The smallest absolute Gasteiger partial charge is 0.493 e. The number of amides is 1. The van der Waals surface area contributed by atoms with Crippen LogP contribution in [-0.2, 0) is 4.79 Å². The predicted molar refractivity (Wildman–Crippen MR) is 99.5 cm³/mol. The number of para-hydroxylation sites is 2. The van der Waals surface area contributed by atoms with Crippen molar-refractivity contribution >= 4 is 17.7 Å². The zero-order valence-corrected chi connectivity index (χ0v) is 15.0. The molecule has 0 saturated heterocycles. The Hall–Kier alpha value is -3.42. The van der Waals surface area contributed by atoms with E-state index in [1.807, 2.05) is 0 Å². The van der Waals surface area contributed by atoms with Gasteiger partial charge in [-0.2, -0.15) is 0 Å². The largest absolute Gasteiger partial charge is 0.573 e. The van der Waals surface area contributed by atoms with Crippen molar-refractivity contribution in [2.45, 2.75) is 6.36 Å². The molecule has 0 atom stereocenters. The molecule has 0 aliphatic rings. The Balaban J connectivity index is 2.09. The van der Waals surface area contributed by atoms with Crippen LogP contribution < -0.4 is 19.5 Å². The Kier molecular flexibility index (Phi) is 7.08. The summed E-state index contributed by atoms with van der Waals surface area (Å²) in [6.45, 7) is 3.88. The molecule has 0 aromatic heterocycles. The Bertz CT molecular complexity index is 863. The number of rotatable bonds is 8. The minimum absolute atomic E-state index is 0.0970. The van der Waals surface area contributed by atoms with Crippen LogP contribution in [0, 0.1) is 0 Å². The van der Waals surface area contributed by atoms with Gasteiger partial charge in [-0.1, -0.05) is 30.9 Å². The number of carbonyl (C=O) groups is 1. The molecule has 0 aliphatic heterocycles. The Morgan fingerprint density at radius 1 is 1.14 bits per heavy atom. The number of methoxy groups -OCH3 is 1. The van der Waals surface area contributed by atoms with Gasteiger partial charge in [0.2, 0.25) is 5.91 Å². The fourth-order valence-electron chi connectivity index (χ4n) is 2.19. The first-order valence-corrected chi connectivity index (χ1v) is 8.08. The lowest BCUT2D eigenvalue weighted by Gasteiger charge is -2.13. The number of halogens is 3. The highest BCUT2D eigenvalue weighted by atomic mass is 19.4. The highest BCUT2D eigenvalue weighted by Gasteiger charge is 2.32. The first-order chi connectivity index (χ1) is 13.3. The third-order valence-corrected chi connectivity index (χ3v) is 3.34. The van der Waals surface area contributed by atoms with Gasteiger partial charge in [-0.05, 0) is 35.9 Å². The van der Waals surface area contributed by atoms with E-state index >= 15 is 0 Å². The average molecular weight is 393 g/mol. The van der Waals surface area contributed by atoms with Crippen LogP contribution >= 0.6 is 0 Å². The molecule has 0 aliphatic carbocycles. The summed E-state index contributed by atoms with van der Waals surface area (Å²) in [5.74, 6) is -0.137. The van der Waals surface area contributed by atoms with Crippen molar-refractivity contribution in [1.82, 2.24) is 0 Å². The van der Waals surface area contributed by atoms with Crippen molar-refractivity contribution in [3.05, 3.63) is 66.8 Å². The number of ether oxygens (including phenoxy) is 3. The maximum Gasteiger partial charge on any atom is 0.573 e. The third-order valence-electron chi connectivity index (χ3n) is 3.34. The highest BCUT2D eigenvalue weighted by Crippen LogP contribution is 2.30. The molecule has 0 unspecified atom stereocenters. The van der Waals surface area contributed by atoms with Crippen LogP contribution in [0.25, 0.3) is 6.08 Å². The van der Waals surface area contributed by atoms with Gasteiger partial charge < -0.3 is 19.5 Å². The van der Waals surface area contributed by atoms with Gasteiger partial charge in [0.25, 0.3) is 0 Å². The van der Waals surface area contributed by atoms with E-state index in [9.17, 15) is 18.0 Å². The molecule has 8 heteroatoms. The molecule has 0 saturated carbocycles. The Morgan fingerprint density at radius 3 is 2.57 bits per heavy atom. The van der Waals surface area contributed by atoms with Gasteiger partial charge in [-0.15, -0.1) is 13.2 Å². The second-order valence-electron chi connectivity index (χ2n) is 5.38. The SMILES string of the molecule is C=CCOc1ccc(/C=C/C(=O)Nc2ccccc2OC(F)(F)F)cc1OC. The fourth-order valence-corrected chi connectivity index (χ4v) is 2.19. The molecule has 5 nitrogen and oxygen atoms in total. The van der Waals surface area contributed by atoms with Crippen molar-refractivity contribution in [2.75, 3.05) is 19.0 Å². The van der Waals surface area contributed by atoms with Crippen LogP contribution in [-0.4, -0.2) is 26.0 Å². The summed E-state index contributed by atoms with van der Waals surface area (Å²) in [4.78, 5) is 12.1. The van der Waals surface area contributed by atoms with E-state index in [4.69, 9.17) is 9.47 Å². The van der Waals surface area contributed by atoms with Crippen LogP contribution in [0.4, 0.5) is 18.9 Å². The summed E-state index contributed by atoms with van der Waals surface area (Å²) in [7, 11) is 1.48. The maximum atomic E-state index is 12.4. The second-order valence-corrected chi connectivity index (χ2v) is 5.38. The van der Waals surface area contributed by atoms with Crippen molar-refractivity contribution in [3.63, 3.8) is 0 Å². The number of alkyl halides is 3. The van der Waals surface area contributed by atoms with Crippen LogP contribution in [0.3, 0.4) is 0 Å². The first kappa shape index (κ1) is 20.9. The van der Waals surface area contributed by atoms with E-state index in [0.29, 0.717) is 23.7 Å². The molecule has 2 rings (SSSR count). The van der Waals surface area contributed by atoms with Crippen molar-refractivity contribution in [1.29, 1.82) is 0 Å². The zero-order valence-electron chi connectivity index (χ0n) is 15.0. The number of carbonyl (C=O) groups excluding carboxylic acids is 1. The van der Waals surface area contributed by atoms with E-state index < -0.39 is 18.0 Å². The topological polar surface area (TPSA) is 56.8 Å². The lowest BCUT2D eigenvalue weighted by atomic mass is 10.2. The lowest BCUT2D eigenvalue weighted by molar-refractivity contribution is -0.274. The number of anilines is 1. The molecule has 0 heterocycles. The van der Waals surface area contributed by atoms with Gasteiger partial charge in [-0.25, -0.2) is 0 Å². The van der Waals surface area contributed by atoms with Gasteiger partial charge in [0.05, 0.1) is 12.8 Å². The summed E-state index contributed by atoms with van der Waals surface area (Å²) in [6, 6.07) is 10.3. The standard InChI is InChI=1S/C20H18F3NO4/c1-3-12-27-17-10-8-14(13-18(17)26-2)9-11-19(25)24-15-6-4-5-7-16(15)28-20(21,22)23/h3-11,13H,1,12H2,2H3,(H,24,25)/b11-9+. The van der Waals surface area contributed by atoms with Crippen LogP contribution in [0.15, 0.2) is 61.2 Å². The Labute approximate surface area is 160 Å². The van der Waals surface area contributed by atoms with Gasteiger partial charge in [0.1, 0.15) is 6.61 Å². The molecule has 0 spiro atoms. The molecule has 1 N–H and O–H groups in total. The van der Waals surface area contributed by atoms with E-state index in [2.05, 4.69) is 16.6 Å². The number of benzene rings is 2. The minimum Gasteiger partial charge on any atom is -0.493 e. The maximum absolute atomic E-state index is 12.4. The second kappa shape index (κ2) is 9.50. The summed E-state index contributed by atoms with van der Waals surface area (Å²) in [6.07, 6.45) is -0.591. The van der Waals surface area contributed by atoms with E-state index in [-0.39, 0.29) is 5.69 Å².